The van der Waals surface area contributed by atoms with Crippen molar-refractivity contribution in [3.05, 3.63) is 22.4 Å². The van der Waals surface area contributed by atoms with E-state index in [4.69, 9.17) is 5.11 Å². The average molecular weight is 299 g/mol. The van der Waals surface area contributed by atoms with Gasteiger partial charge in [0.1, 0.15) is 0 Å². The highest BCUT2D eigenvalue weighted by Gasteiger charge is 2.25. The maximum Gasteiger partial charge on any atom is 0.232 e. The predicted octanol–water partition coefficient (Wildman–Crippen LogP) is 2.74. The number of carbonyl (C=O) groups is 1. The van der Waals surface area contributed by atoms with Gasteiger partial charge in [-0.2, -0.15) is 0 Å². The first-order valence-electron chi connectivity index (χ1n) is 6.81. The van der Waals surface area contributed by atoms with E-state index in [0.717, 1.165) is 18.6 Å². The lowest BCUT2D eigenvalue weighted by atomic mass is 10.2. The minimum atomic E-state index is 0.0673. The Kier molecular flexibility index (Phi) is 6.20. The van der Waals surface area contributed by atoms with Crippen molar-refractivity contribution >= 4 is 29.0 Å². The Labute approximate surface area is 123 Å². The third kappa shape index (κ3) is 4.51. The van der Waals surface area contributed by atoms with Crippen molar-refractivity contribution in [2.45, 2.75) is 37.5 Å². The molecule has 1 amide bonds. The summed E-state index contributed by atoms with van der Waals surface area (Å²) in [6.07, 6.45) is 4.62. The fraction of sp³-hybridized carbons (Fsp3) is 0.643. The fourth-order valence-electron chi connectivity index (χ4n) is 2.55. The highest BCUT2D eigenvalue weighted by atomic mass is 32.2. The van der Waals surface area contributed by atoms with Crippen LogP contribution in [0.5, 0.6) is 0 Å². The van der Waals surface area contributed by atoms with Gasteiger partial charge in [-0.25, -0.2) is 0 Å². The van der Waals surface area contributed by atoms with E-state index >= 15 is 0 Å². The molecule has 1 N–H and O–H groups in total. The molecule has 0 saturated heterocycles. The van der Waals surface area contributed by atoms with Crippen LogP contribution >= 0.6 is 23.1 Å². The number of nitrogens with zero attached hydrogens (tertiary/aromatic N) is 1. The van der Waals surface area contributed by atoms with Crippen LogP contribution in [0.2, 0.25) is 0 Å². The summed E-state index contributed by atoms with van der Waals surface area (Å²) in [7, 11) is 0. The number of aliphatic hydroxyl groups excluding tert-OH is 1. The molecule has 106 valence electrons. The van der Waals surface area contributed by atoms with Gasteiger partial charge in [0.15, 0.2) is 0 Å². The van der Waals surface area contributed by atoms with Gasteiger partial charge in [0.05, 0.1) is 12.4 Å². The van der Waals surface area contributed by atoms with E-state index in [2.05, 4.69) is 11.4 Å². The van der Waals surface area contributed by atoms with Crippen LogP contribution in [0.25, 0.3) is 0 Å². The molecular weight excluding hydrogens is 278 g/mol. The molecule has 5 heteroatoms. The van der Waals surface area contributed by atoms with Gasteiger partial charge in [0.2, 0.25) is 5.91 Å². The normalized spacial score (nSPS) is 15.8. The zero-order chi connectivity index (χ0) is 13.5. The van der Waals surface area contributed by atoms with E-state index in [1.54, 1.807) is 23.1 Å². The molecule has 0 atom stereocenters. The number of carbonyl (C=O) groups excluding carboxylic acids is 1. The van der Waals surface area contributed by atoms with E-state index in [0.29, 0.717) is 18.3 Å². The van der Waals surface area contributed by atoms with E-state index in [1.807, 2.05) is 11.0 Å². The largest absolute Gasteiger partial charge is 0.395 e. The Bertz CT molecular complexity index is 375. The third-order valence-electron chi connectivity index (χ3n) is 3.48. The molecule has 1 aromatic rings. The maximum absolute atomic E-state index is 12.2. The Hall–Kier alpha value is -0.520. The van der Waals surface area contributed by atoms with Crippen LogP contribution < -0.4 is 0 Å². The first kappa shape index (κ1) is 14.9. The molecule has 0 bridgehead atoms. The molecule has 19 heavy (non-hydrogen) atoms. The van der Waals surface area contributed by atoms with Crippen molar-refractivity contribution in [1.29, 1.82) is 0 Å². The van der Waals surface area contributed by atoms with Gasteiger partial charge in [-0.05, 0) is 24.3 Å². The molecule has 2 rings (SSSR count). The monoisotopic (exact) mass is 299 g/mol. The Morgan fingerprint density at radius 1 is 1.47 bits per heavy atom. The van der Waals surface area contributed by atoms with Crippen molar-refractivity contribution in [3.8, 4) is 0 Å². The molecule has 1 aromatic heterocycles. The lowest BCUT2D eigenvalue weighted by Gasteiger charge is -2.28. The van der Waals surface area contributed by atoms with Gasteiger partial charge in [-0.1, -0.05) is 18.9 Å². The number of hydrogen-bond acceptors (Lipinski definition) is 4. The second-order valence-corrected chi connectivity index (χ2v) is 6.84. The molecule has 0 spiro atoms. The van der Waals surface area contributed by atoms with Crippen molar-refractivity contribution < 1.29 is 9.90 Å². The molecule has 0 aromatic carbocycles. The van der Waals surface area contributed by atoms with Gasteiger partial charge in [-0.3, -0.25) is 4.79 Å². The lowest BCUT2D eigenvalue weighted by Crippen LogP contribution is -2.41. The van der Waals surface area contributed by atoms with Crippen LogP contribution in [0.15, 0.2) is 17.5 Å². The molecule has 1 heterocycles. The van der Waals surface area contributed by atoms with Crippen LogP contribution in [0.3, 0.4) is 0 Å². The quantitative estimate of drug-likeness (QED) is 0.841. The summed E-state index contributed by atoms with van der Waals surface area (Å²) >= 11 is 3.40. The summed E-state index contributed by atoms with van der Waals surface area (Å²) in [6.45, 7) is 0.556. The number of hydrogen-bond donors (Lipinski definition) is 1. The van der Waals surface area contributed by atoms with Gasteiger partial charge in [-0.15, -0.1) is 23.1 Å². The van der Waals surface area contributed by atoms with Crippen molar-refractivity contribution in [2.24, 2.45) is 0 Å². The van der Waals surface area contributed by atoms with Crippen molar-refractivity contribution in [2.75, 3.05) is 18.9 Å². The van der Waals surface area contributed by atoms with E-state index in [1.165, 1.54) is 17.7 Å². The minimum Gasteiger partial charge on any atom is -0.395 e. The van der Waals surface area contributed by atoms with E-state index in [9.17, 15) is 4.79 Å². The lowest BCUT2D eigenvalue weighted by molar-refractivity contribution is -0.131. The van der Waals surface area contributed by atoms with Crippen LogP contribution in [-0.2, 0) is 10.5 Å². The molecular formula is C14H21NO2S2. The molecule has 1 saturated carbocycles. The average Bonchev–Trinajstić information content (AvgIpc) is 3.08. The van der Waals surface area contributed by atoms with Crippen LogP contribution in [-0.4, -0.2) is 40.9 Å². The maximum atomic E-state index is 12.2. The summed E-state index contributed by atoms with van der Waals surface area (Å²) in [5, 5.41) is 11.2. The Morgan fingerprint density at radius 3 is 2.89 bits per heavy atom. The number of thioether (sulfide) groups is 1. The number of amides is 1. The Morgan fingerprint density at radius 2 is 2.26 bits per heavy atom. The summed E-state index contributed by atoms with van der Waals surface area (Å²) in [5.74, 6) is 1.61. The zero-order valence-electron chi connectivity index (χ0n) is 11.1. The second kappa shape index (κ2) is 7.92. The molecule has 0 radical (unpaired) electrons. The van der Waals surface area contributed by atoms with Gasteiger partial charge >= 0.3 is 0 Å². The first-order chi connectivity index (χ1) is 9.31. The molecule has 1 fully saturated rings. The number of rotatable bonds is 7. The molecule has 0 unspecified atom stereocenters. The summed E-state index contributed by atoms with van der Waals surface area (Å²) < 4.78 is 0. The Balaban J connectivity index is 1.78. The standard InChI is InChI=1S/C14H21NO2S2/c16-8-7-15(12-4-1-2-5-12)14(17)11-18-10-13-6-3-9-19-13/h3,6,9,12,16H,1-2,4-5,7-8,10-11H2. The van der Waals surface area contributed by atoms with Gasteiger partial charge in [0, 0.05) is 23.2 Å². The molecule has 0 aliphatic heterocycles. The van der Waals surface area contributed by atoms with E-state index < -0.39 is 0 Å². The van der Waals surface area contributed by atoms with Crippen molar-refractivity contribution in [1.82, 2.24) is 4.90 Å². The highest BCUT2D eigenvalue weighted by Crippen LogP contribution is 2.24. The summed E-state index contributed by atoms with van der Waals surface area (Å²) in [6, 6.07) is 4.51. The van der Waals surface area contributed by atoms with Crippen molar-refractivity contribution in [3.63, 3.8) is 0 Å². The van der Waals surface area contributed by atoms with Crippen LogP contribution in [0.4, 0.5) is 0 Å². The van der Waals surface area contributed by atoms with E-state index in [-0.39, 0.29) is 12.5 Å². The fourth-order valence-corrected chi connectivity index (χ4v) is 4.30. The van der Waals surface area contributed by atoms with Crippen LogP contribution in [0, 0.1) is 0 Å². The summed E-state index contributed by atoms with van der Waals surface area (Å²) in [4.78, 5) is 15.5. The molecule has 3 nitrogen and oxygen atoms in total. The molecule has 1 aliphatic rings. The zero-order valence-corrected chi connectivity index (χ0v) is 12.7. The third-order valence-corrected chi connectivity index (χ3v) is 5.50. The number of thiophene rings is 1. The topological polar surface area (TPSA) is 40.5 Å². The van der Waals surface area contributed by atoms with Gasteiger partial charge < -0.3 is 10.0 Å². The predicted molar refractivity (Wildman–Crippen MR) is 81.5 cm³/mol. The molecule has 1 aliphatic carbocycles. The second-order valence-electron chi connectivity index (χ2n) is 4.82. The smallest absolute Gasteiger partial charge is 0.232 e. The minimum absolute atomic E-state index is 0.0673. The van der Waals surface area contributed by atoms with Gasteiger partial charge in [0.25, 0.3) is 0 Å². The number of aliphatic hydroxyl groups is 1. The highest BCUT2D eigenvalue weighted by molar-refractivity contribution is 7.99. The first-order valence-corrected chi connectivity index (χ1v) is 8.85. The summed E-state index contributed by atoms with van der Waals surface area (Å²) in [5.41, 5.74) is 0. The van der Waals surface area contributed by atoms with Crippen LogP contribution in [0.1, 0.15) is 30.6 Å². The SMILES string of the molecule is O=C(CSCc1cccs1)N(CCO)C1CCCC1.